The van der Waals surface area contributed by atoms with Gasteiger partial charge in [-0.1, -0.05) is 6.92 Å². The molecule has 1 fully saturated rings. The normalized spacial score (nSPS) is 35.7. The van der Waals surface area contributed by atoms with Gasteiger partial charge >= 0.3 is 0 Å². The molecule has 1 rings (SSSR count). The predicted molar refractivity (Wildman–Crippen MR) is 51.6 cm³/mol. The molecule has 0 saturated heterocycles. The van der Waals surface area contributed by atoms with E-state index in [0.717, 1.165) is 5.92 Å². The van der Waals surface area contributed by atoms with Crippen LogP contribution < -0.4 is 5.32 Å². The van der Waals surface area contributed by atoms with E-state index in [1.54, 1.807) is 0 Å². The molecule has 0 aromatic rings. The van der Waals surface area contributed by atoms with Crippen molar-refractivity contribution in [2.45, 2.75) is 32.2 Å². The van der Waals surface area contributed by atoms with Gasteiger partial charge in [-0.2, -0.15) is 0 Å². The van der Waals surface area contributed by atoms with Gasteiger partial charge in [0.15, 0.2) is 0 Å². The molecule has 0 heterocycles. The van der Waals surface area contributed by atoms with Crippen LogP contribution in [0.5, 0.6) is 0 Å². The molecule has 0 bridgehead atoms. The van der Waals surface area contributed by atoms with Crippen LogP contribution in [-0.2, 0) is 0 Å². The highest BCUT2D eigenvalue weighted by Gasteiger charge is 2.25. The lowest BCUT2D eigenvalue weighted by Crippen LogP contribution is -2.37. The van der Waals surface area contributed by atoms with Gasteiger partial charge < -0.3 is 5.32 Å². The lowest BCUT2D eigenvalue weighted by Gasteiger charge is -2.32. The Hall–Kier alpha value is -0.590. The second-order valence-electron chi connectivity index (χ2n) is 3.79. The van der Waals surface area contributed by atoms with Gasteiger partial charge in [0.2, 0.25) is 0 Å². The minimum Gasteiger partial charge on any atom is -0.316 e. The zero-order valence-electron chi connectivity index (χ0n) is 7.93. The second kappa shape index (κ2) is 4.44. The van der Waals surface area contributed by atoms with E-state index < -0.39 is 0 Å². The quantitative estimate of drug-likeness (QED) is 0.603. The molecule has 1 aliphatic rings. The lowest BCUT2D eigenvalue weighted by atomic mass is 9.79. The summed E-state index contributed by atoms with van der Waals surface area (Å²) in [6.07, 6.45) is 5.66. The summed E-state index contributed by atoms with van der Waals surface area (Å²) in [7, 11) is 2.01. The van der Waals surface area contributed by atoms with Crippen LogP contribution in [0.1, 0.15) is 26.2 Å². The Morgan fingerprint density at radius 3 is 2.83 bits per heavy atom. The molecule has 1 saturated carbocycles. The second-order valence-corrected chi connectivity index (χ2v) is 3.79. The fourth-order valence-electron chi connectivity index (χ4n) is 2.07. The monoisotopic (exact) mass is 166 g/mol. The molecule has 2 N–H and O–H groups in total. The van der Waals surface area contributed by atoms with E-state index in [1.807, 2.05) is 13.1 Å². The SMILES string of the molecule is CN[C@@H]1CC[C@H](C)C[C@H]1C=C=N. The first kappa shape index (κ1) is 9.50. The van der Waals surface area contributed by atoms with Gasteiger partial charge in [-0.15, -0.1) is 0 Å². The maximum atomic E-state index is 6.94. The number of hydrogen-bond acceptors (Lipinski definition) is 2. The summed E-state index contributed by atoms with van der Waals surface area (Å²) in [5, 5.41) is 10.2. The fourth-order valence-corrected chi connectivity index (χ4v) is 2.07. The van der Waals surface area contributed by atoms with Crippen LogP contribution in [0.4, 0.5) is 0 Å². The van der Waals surface area contributed by atoms with Gasteiger partial charge in [-0.3, -0.25) is 5.41 Å². The van der Waals surface area contributed by atoms with E-state index in [1.165, 1.54) is 19.3 Å². The van der Waals surface area contributed by atoms with E-state index in [2.05, 4.69) is 18.1 Å². The molecule has 0 aliphatic heterocycles. The largest absolute Gasteiger partial charge is 0.316 e. The van der Waals surface area contributed by atoms with Crippen molar-refractivity contribution < 1.29 is 0 Å². The molecule has 2 heteroatoms. The van der Waals surface area contributed by atoms with Crippen molar-refractivity contribution in [3.63, 3.8) is 0 Å². The zero-order chi connectivity index (χ0) is 8.97. The minimum absolute atomic E-state index is 0.524. The first-order valence-corrected chi connectivity index (χ1v) is 4.70. The van der Waals surface area contributed by atoms with Crippen LogP contribution in [-0.4, -0.2) is 19.0 Å². The molecule has 1 aliphatic carbocycles. The van der Waals surface area contributed by atoms with Gasteiger partial charge in [0.05, 0.1) is 0 Å². The average molecular weight is 166 g/mol. The van der Waals surface area contributed by atoms with Crippen molar-refractivity contribution in [2.24, 2.45) is 11.8 Å². The van der Waals surface area contributed by atoms with Crippen molar-refractivity contribution >= 4 is 5.87 Å². The lowest BCUT2D eigenvalue weighted by molar-refractivity contribution is 0.261. The van der Waals surface area contributed by atoms with E-state index in [9.17, 15) is 0 Å². The van der Waals surface area contributed by atoms with Crippen molar-refractivity contribution in [3.05, 3.63) is 6.08 Å². The average Bonchev–Trinajstić information content (AvgIpc) is 2.05. The Labute approximate surface area is 74.6 Å². The number of nitrogens with one attached hydrogen (secondary N) is 2. The molecule has 0 radical (unpaired) electrons. The van der Waals surface area contributed by atoms with Crippen molar-refractivity contribution in [3.8, 4) is 0 Å². The van der Waals surface area contributed by atoms with E-state index in [0.29, 0.717) is 12.0 Å². The zero-order valence-corrected chi connectivity index (χ0v) is 7.93. The van der Waals surface area contributed by atoms with Crippen LogP contribution in [0.3, 0.4) is 0 Å². The van der Waals surface area contributed by atoms with Crippen molar-refractivity contribution in [1.82, 2.24) is 5.32 Å². The van der Waals surface area contributed by atoms with E-state index in [4.69, 9.17) is 5.41 Å². The number of rotatable bonds is 2. The summed E-state index contributed by atoms with van der Waals surface area (Å²) in [6, 6.07) is 0.569. The molecule has 0 aromatic carbocycles. The highest BCUT2D eigenvalue weighted by molar-refractivity contribution is 5.48. The summed E-state index contributed by atoms with van der Waals surface area (Å²) in [5.74, 6) is 3.74. The molecular formula is C10H18N2. The third-order valence-electron chi connectivity index (χ3n) is 2.83. The highest BCUT2D eigenvalue weighted by atomic mass is 14.9. The first-order valence-electron chi connectivity index (χ1n) is 4.70. The summed E-state index contributed by atoms with van der Waals surface area (Å²) in [4.78, 5) is 0. The van der Waals surface area contributed by atoms with Crippen molar-refractivity contribution in [2.75, 3.05) is 7.05 Å². The number of hydrogen-bond donors (Lipinski definition) is 2. The van der Waals surface area contributed by atoms with Gasteiger partial charge in [0.25, 0.3) is 0 Å². The van der Waals surface area contributed by atoms with E-state index >= 15 is 0 Å². The van der Waals surface area contributed by atoms with Crippen LogP contribution >= 0.6 is 0 Å². The third-order valence-corrected chi connectivity index (χ3v) is 2.83. The third kappa shape index (κ3) is 2.20. The Balaban J connectivity index is 2.57. The summed E-state index contributed by atoms with van der Waals surface area (Å²) < 4.78 is 0. The molecular weight excluding hydrogens is 148 g/mol. The molecule has 0 aromatic heterocycles. The Bertz CT molecular complexity index is 182. The Morgan fingerprint density at radius 1 is 1.50 bits per heavy atom. The maximum Gasteiger partial charge on any atom is 0.0134 e. The molecule has 3 atom stereocenters. The fraction of sp³-hybridized carbons (Fsp3) is 0.800. The summed E-state index contributed by atoms with van der Waals surface area (Å²) >= 11 is 0. The summed E-state index contributed by atoms with van der Waals surface area (Å²) in [5.41, 5.74) is 0. The molecule has 0 spiro atoms. The molecule has 2 nitrogen and oxygen atoms in total. The smallest absolute Gasteiger partial charge is 0.0134 e. The highest BCUT2D eigenvalue weighted by Crippen LogP contribution is 2.29. The van der Waals surface area contributed by atoms with Gasteiger partial charge in [-0.25, -0.2) is 0 Å². The van der Waals surface area contributed by atoms with Crippen molar-refractivity contribution in [1.29, 1.82) is 5.41 Å². The van der Waals surface area contributed by atoms with E-state index in [-0.39, 0.29) is 0 Å². The standard InChI is InChI=1S/C10H18N2/c1-8-3-4-10(12-2)9(7-8)5-6-11/h5,8-12H,3-4,7H2,1-2H3/t8-,9+,10+/m0/s1. The van der Waals surface area contributed by atoms with Crippen LogP contribution in [0.15, 0.2) is 6.08 Å². The maximum absolute atomic E-state index is 6.94. The van der Waals surface area contributed by atoms with Crippen LogP contribution in [0, 0.1) is 17.2 Å². The molecule has 68 valence electrons. The first-order chi connectivity index (χ1) is 5.77. The van der Waals surface area contributed by atoms with Gasteiger partial charge in [-0.05, 0) is 44.2 Å². The molecule has 0 amide bonds. The van der Waals surface area contributed by atoms with Crippen LogP contribution in [0.2, 0.25) is 0 Å². The Kier molecular flexibility index (Phi) is 3.51. The summed E-state index contributed by atoms with van der Waals surface area (Å²) in [6.45, 7) is 2.29. The Morgan fingerprint density at radius 2 is 2.25 bits per heavy atom. The molecule has 0 unspecified atom stereocenters. The van der Waals surface area contributed by atoms with Gasteiger partial charge in [0.1, 0.15) is 0 Å². The minimum atomic E-state index is 0.524. The van der Waals surface area contributed by atoms with Gasteiger partial charge in [0, 0.05) is 12.0 Å². The predicted octanol–water partition coefficient (Wildman–Crippen LogP) is 1.82. The topological polar surface area (TPSA) is 35.9 Å². The van der Waals surface area contributed by atoms with Crippen LogP contribution in [0.25, 0.3) is 0 Å². The molecule has 12 heavy (non-hydrogen) atoms.